The normalized spacial score (nSPS) is 12.1. The summed E-state index contributed by atoms with van der Waals surface area (Å²) < 4.78 is 0. The minimum Gasteiger partial charge on any atom is -0.390 e. The fraction of sp³-hybridized carbons (Fsp3) is 1.00. The molecule has 43 heavy (non-hydrogen) atoms. The van der Waals surface area contributed by atoms with Crippen LogP contribution in [0.4, 0.5) is 0 Å². The van der Waals surface area contributed by atoms with Crippen molar-refractivity contribution >= 4 is 0 Å². The van der Waals surface area contributed by atoms with Crippen molar-refractivity contribution in [2.75, 3.05) is 20.6 Å². The Morgan fingerprint density at radius 2 is 0.535 bits per heavy atom. The molecule has 0 radical (unpaired) electrons. The quantitative estimate of drug-likeness (QED) is 0.0710. The molecule has 0 amide bonds. The second kappa shape index (κ2) is 34.8. The summed E-state index contributed by atoms with van der Waals surface area (Å²) in [5, 5.41) is 11.5. The maximum Gasteiger partial charge on any atom is 0.0660 e. The Balaban J connectivity index is 3.68. The van der Waals surface area contributed by atoms with Crippen LogP contribution < -0.4 is 0 Å². The maximum absolute atomic E-state index is 11.5. The predicted octanol–water partition coefficient (Wildman–Crippen LogP) is 14.0. The fourth-order valence-electron chi connectivity index (χ4n) is 6.81. The van der Waals surface area contributed by atoms with Crippen molar-refractivity contribution in [2.45, 2.75) is 244 Å². The highest BCUT2D eigenvalue weighted by Crippen LogP contribution is 2.27. The van der Waals surface area contributed by atoms with E-state index in [4.69, 9.17) is 0 Å². The van der Waals surface area contributed by atoms with E-state index in [0.717, 1.165) is 25.8 Å². The maximum atomic E-state index is 11.5. The molecule has 0 aromatic heterocycles. The van der Waals surface area contributed by atoms with Crippen LogP contribution in [0.15, 0.2) is 0 Å². The lowest BCUT2D eigenvalue weighted by Crippen LogP contribution is -2.33. The van der Waals surface area contributed by atoms with Gasteiger partial charge in [0, 0.05) is 6.54 Å². The molecule has 0 aliphatic carbocycles. The van der Waals surface area contributed by atoms with Crippen LogP contribution in [0.1, 0.15) is 239 Å². The molecule has 0 aromatic carbocycles. The molecule has 260 valence electrons. The standard InChI is InChI=1S/C41H85NO/c1-5-7-9-11-13-15-17-19-21-23-25-27-29-31-33-35-37-41(43,39-40-42(3)4)38-36-34-32-30-28-26-24-22-20-18-16-14-12-10-8-6-2/h43H,5-40H2,1-4H3. The number of hydrogen-bond acceptors (Lipinski definition) is 2. The second-order valence-electron chi connectivity index (χ2n) is 14.9. The Hall–Kier alpha value is -0.0800. The predicted molar refractivity (Wildman–Crippen MR) is 196 cm³/mol. The Kier molecular flexibility index (Phi) is 34.7. The Morgan fingerprint density at radius 3 is 0.744 bits per heavy atom. The van der Waals surface area contributed by atoms with Gasteiger partial charge in [-0.2, -0.15) is 0 Å². The summed E-state index contributed by atoms with van der Waals surface area (Å²) in [5.74, 6) is 0. The molecule has 1 N–H and O–H groups in total. The van der Waals surface area contributed by atoms with Crippen molar-refractivity contribution in [3.8, 4) is 0 Å². The molecule has 0 fully saturated rings. The smallest absolute Gasteiger partial charge is 0.0660 e. The van der Waals surface area contributed by atoms with Gasteiger partial charge in [0.15, 0.2) is 0 Å². The second-order valence-corrected chi connectivity index (χ2v) is 14.9. The van der Waals surface area contributed by atoms with Crippen LogP contribution in [0.5, 0.6) is 0 Å². The third-order valence-electron chi connectivity index (χ3n) is 10.0. The van der Waals surface area contributed by atoms with Gasteiger partial charge in [-0.15, -0.1) is 0 Å². The van der Waals surface area contributed by atoms with Crippen molar-refractivity contribution in [2.24, 2.45) is 0 Å². The van der Waals surface area contributed by atoms with Gasteiger partial charge in [0.1, 0.15) is 0 Å². The Labute approximate surface area is 274 Å². The van der Waals surface area contributed by atoms with Crippen LogP contribution in [-0.4, -0.2) is 36.2 Å². The molecular weight excluding hydrogens is 522 g/mol. The van der Waals surface area contributed by atoms with Gasteiger partial charge in [-0.05, 0) is 33.4 Å². The first-order chi connectivity index (χ1) is 21.0. The van der Waals surface area contributed by atoms with E-state index in [-0.39, 0.29) is 0 Å². The summed E-state index contributed by atoms with van der Waals surface area (Å²) in [4.78, 5) is 2.24. The monoisotopic (exact) mass is 608 g/mol. The summed E-state index contributed by atoms with van der Waals surface area (Å²) in [6, 6.07) is 0. The third kappa shape index (κ3) is 34.6. The molecule has 0 aromatic rings. The first kappa shape index (κ1) is 42.9. The Bertz CT molecular complexity index is 468. The minimum absolute atomic E-state index is 0.434. The van der Waals surface area contributed by atoms with Crippen LogP contribution in [0.3, 0.4) is 0 Å². The van der Waals surface area contributed by atoms with Crippen LogP contribution in [0.2, 0.25) is 0 Å². The number of hydrogen-bond donors (Lipinski definition) is 1. The molecule has 0 heterocycles. The first-order valence-electron chi connectivity index (χ1n) is 20.4. The van der Waals surface area contributed by atoms with E-state index >= 15 is 0 Å². The zero-order valence-corrected chi connectivity index (χ0v) is 30.9. The number of nitrogens with zero attached hydrogens (tertiary/aromatic N) is 1. The summed E-state index contributed by atoms with van der Waals surface area (Å²) in [6.07, 6.45) is 48.1. The van der Waals surface area contributed by atoms with E-state index < -0.39 is 5.60 Å². The number of aliphatic hydroxyl groups is 1. The van der Waals surface area contributed by atoms with E-state index in [2.05, 4.69) is 32.8 Å². The van der Waals surface area contributed by atoms with Gasteiger partial charge in [0.25, 0.3) is 0 Å². The average molecular weight is 608 g/mol. The summed E-state index contributed by atoms with van der Waals surface area (Å²) >= 11 is 0. The SMILES string of the molecule is CCCCCCCCCCCCCCCCCCC(O)(CCCCCCCCCCCCCCCCCC)CCN(C)C. The van der Waals surface area contributed by atoms with Crippen molar-refractivity contribution in [1.29, 1.82) is 0 Å². The fourth-order valence-corrected chi connectivity index (χ4v) is 6.81. The van der Waals surface area contributed by atoms with E-state index in [9.17, 15) is 5.11 Å². The van der Waals surface area contributed by atoms with Gasteiger partial charge in [-0.3, -0.25) is 0 Å². The lowest BCUT2D eigenvalue weighted by Gasteiger charge is -2.30. The lowest BCUT2D eigenvalue weighted by atomic mass is 9.86. The highest BCUT2D eigenvalue weighted by molar-refractivity contribution is 4.79. The molecule has 0 saturated carbocycles. The van der Waals surface area contributed by atoms with Gasteiger partial charge in [0.05, 0.1) is 5.60 Å². The van der Waals surface area contributed by atoms with E-state index in [1.807, 2.05) is 0 Å². The topological polar surface area (TPSA) is 23.5 Å². The molecular formula is C41H85NO. The summed E-state index contributed by atoms with van der Waals surface area (Å²) in [7, 11) is 4.29. The lowest BCUT2D eigenvalue weighted by molar-refractivity contribution is 0.00402. The zero-order valence-electron chi connectivity index (χ0n) is 30.9. The molecule has 2 nitrogen and oxygen atoms in total. The first-order valence-corrected chi connectivity index (χ1v) is 20.4. The molecule has 0 aliphatic heterocycles. The summed E-state index contributed by atoms with van der Waals surface area (Å²) in [6.45, 7) is 5.61. The van der Waals surface area contributed by atoms with Crippen LogP contribution in [-0.2, 0) is 0 Å². The van der Waals surface area contributed by atoms with Gasteiger partial charge in [0.2, 0.25) is 0 Å². The van der Waals surface area contributed by atoms with Crippen molar-refractivity contribution in [3.63, 3.8) is 0 Å². The highest BCUT2D eigenvalue weighted by atomic mass is 16.3. The molecule has 0 unspecified atom stereocenters. The van der Waals surface area contributed by atoms with Crippen molar-refractivity contribution < 1.29 is 5.11 Å². The van der Waals surface area contributed by atoms with E-state index in [0.29, 0.717) is 0 Å². The Morgan fingerprint density at radius 1 is 0.326 bits per heavy atom. The van der Waals surface area contributed by atoms with E-state index in [1.165, 1.54) is 205 Å². The van der Waals surface area contributed by atoms with Gasteiger partial charge < -0.3 is 10.0 Å². The largest absolute Gasteiger partial charge is 0.390 e. The molecule has 2 heteroatoms. The zero-order chi connectivity index (χ0) is 31.5. The van der Waals surface area contributed by atoms with Crippen LogP contribution >= 0.6 is 0 Å². The minimum atomic E-state index is -0.434. The third-order valence-corrected chi connectivity index (χ3v) is 10.0. The van der Waals surface area contributed by atoms with Gasteiger partial charge >= 0.3 is 0 Å². The number of rotatable bonds is 37. The van der Waals surface area contributed by atoms with Crippen molar-refractivity contribution in [3.05, 3.63) is 0 Å². The molecule has 0 spiro atoms. The molecule has 0 saturated heterocycles. The number of unbranched alkanes of at least 4 members (excludes halogenated alkanes) is 30. The van der Waals surface area contributed by atoms with Gasteiger partial charge in [-0.25, -0.2) is 0 Å². The molecule has 0 bridgehead atoms. The molecule has 0 aliphatic rings. The van der Waals surface area contributed by atoms with E-state index in [1.54, 1.807) is 0 Å². The summed E-state index contributed by atoms with van der Waals surface area (Å²) in [5.41, 5.74) is -0.434. The molecule has 0 atom stereocenters. The van der Waals surface area contributed by atoms with Gasteiger partial charge in [-0.1, -0.05) is 219 Å². The average Bonchev–Trinajstić information content (AvgIpc) is 2.99. The molecule has 0 rings (SSSR count). The highest BCUT2D eigenvalue weighted by Gasteiger charge is 2.25. The van der Waals surface area contributed by atoms with Crippen LogP contribution in [0.25, 0.3) is 0 Å². The van der Waals surface area contributed by atoms with Crippen molar-refractivity contribution in [1.82, 2.24) is 4.90 Å². The van der Waals surface area contributed by atoms with Crippen LogP contribution in [0, 0.1) is 0 Å².